The number of halogens is 5. The molecular weight excluding hydrogens is 1770 g/mol. The first-order valence-corrected chi connectivity index (χ1v) is 42.0. The molecule has 5 aromatic carbocycles. The van der Waals surface area contributed by atoms with Crippen LogP contribution in [0, 0.1) is 29.5 Å². The van der Waals surface area contributed by atoms with Crippen LogP contribution >= 0.6 is 11.6 Å². The normalized spacial score (nSPS) is 15.5. The van der Waals surface area contributed by atoms with E-state index in [0.29, 0.717) is 43.5 Å². The summed E-state index contributed by atoms with van der Waals surface area (Å²) in [6.07, 6.45) is 1.28. The molecular formula is C93H140BClF4N2NaO28S. The number of nitrogens with two attached hydrogens (primary N) is 1. The maximum absolute atomic E-state index is 12.6. The predicted octanol–water partition coefficient (Wildman–Crippen LogP) is 12.7. The standard InChI is InChI=1S/C26H41NO6.C14H27NO4.C13H15F3O5S.C12H16O3.C12H14O3.C7H4ClFO.C4H6O3.C2H3O.3CH4.BO.Na.H2O/c1-18(2)23(24(29)30-17-19-11-9-8-10-12-19)27-14-13-20-15-21(32-26(6,7)31-20)16-22(28)33-25(3,4)5;1-13(2,3)19-12(16)9-11-8-10(6-7-15)17-14(4,5)18-11;1-9(2)11(21-22(18,19)13(14,15)16)12(17)20-8-10-6-4-3-5-7-10;2*1-9(2)11(13)12(14)15-8-10-6-4-3-5-7-10;8-7(10)5-1-3-6(9)4-2-5;1-3(5)7-4(2)6;1-2-3;;;;1-2;;/h8-12,18,20-21,23,27H,13-17H2,1-7H3;10-11H,6-9,15H2,1-5H3;3-7,9,11H,8H2,1-2H3;3-7,9,11,13H,8H2,1-2H3;3-7,9H,8H2,1-2H3;1-4H;1-2H3;1H3;3*1H4;;;1H2/q;;;;;;;-1;;;;;+1;/t20-,21-,23?;10-,11-;;;;;;;;;;;;/m11............/s1. The zero-order valence-corrected chi connectivity index (χ0v) is 80.8. The number of carbonyl (C=O) groups is 10. The van der Waals surface area contributed by atoms with E-state index in [9.17, 15) is 79.0 Å². The molecule has 0 amide bonds. The van der Waals surface area contributed by atoms with Crippen molar-refractivity contribution in [3.63, 3.8) is 0 Å². The number of hydrogen-bond acceptors (Lipinski definition) is 29. The largest absolute Gasteiger partial charge is 1.00 e. The van der Waals surface area contributed by atoms with Crippen molar-refractivity contribution < 1.29 is 180 Å². The number of carbonyl (C=O) groups excluding carboxylic acids is 11. The summed E-state index contributed by atoms with van der Waals surface area (Å²) in [5, 5.41) is 12.2. The van der Waals surface area contributed by atoms with Gasteiger partial charge in [-0.05, 0) is 171 Å². The van der Waals surface area contributed by atoms with Gasteiger partial charge in [0.1, 0.15) is 49.5 Å². The van der Waals surface area contributed by atoms with Gasteiger partial charge in [-0.2, -0.15) is 28.5 Å². The molecule has 131 heavy (non-hydrogen) atoms. The average molecular weight is 1910 g/mol. The molecule has 2 heterocycles. The number of aliphatic hydroxyl groups excluding tert-OH is 1. The molecule has 7 atom stereocenters. The minimum atomic E-state index is -5.87. The average Bonchev–Trinajstić information content (AvgIpc) is 0.814. The number of nitrogens with one attached hydrogen (secondary N) is 1. The molecule has 0 aromatic heterocycles. The predicted molar refractivity (Wildman–Crippen MR) is 484 cm³/mol. The third-order valence-electron chi connectivity index (χ3n) is 15.9. The summed E-state index contributed by atoms with van der Waals surface area (Å²) in [6, 6.07) is 41.4. The van der Waals surface area contributed by atoms with Crippen LogP contribution in [0.25, 0.3) is 0 Å². The number of ether oxygens (including phenoxy) is 11. The van der Waals surface area contributed by atoms with Crippen LogP contribution in [0.3, 0.4) is 0 Å². The second-order valence-corrected chi connectivity index (χ2v) is 34.0. The van der Waals surface area contributed by atoms with Gasteiger partial charge in [0.2, 0.25) is 5.78 Å². The first kappa shape index (κ1) is 136. The number of aliphatic hydroxyl groups is 1. The van der Waals surface area contributed by atoms with Gasteiger partial charge in [0.15, 0.2) is 23.8 Å². The fourth-order valence-corrected chi connectivity index (χ4v) is 11.3. The van der Waals surface area contributed by atoms with Crippen LogP contribution < -0.4 is 40.6 Å². The van der Waals surface area contributed by atoms with Gasteiger partial charge in [-0.15, -0.1) is 0 Å². The molecule has 38 heteroatoms. The smallest absolute Gasteiger partial charge is 1.00 e. The Kier molecular flexibility index (Phi) is 72.7. The molecule has 0 bridgehead atoms. The zero-order chi connectivity index (χ0) is 96.9. The molecule has 0 saturated carbocycles. The molecule has 3 unspecified atom stereocenters. The number of esters is 8. The van der Waals surface area contributed by atoms with Crippen molar-refractivity contribution >= 4 is 94.5 Å². The van der Waals surface area contributed by atoms with Gasteiger partial charge in [0, 0.05) is 38.2 Å². The number of hydrogen-bond donors (Lipinski definition) is 3. The van der Waals surface area contributed by atoms with Crippen LogP contribution in [0.15, 0.2) is 146 Å². The Hall–Kier alpha value is -8.47. The van der Waals surface area contributed by atoms with Crippen molar-refractivity contribution in [1.29, 1.82) is 0 Å². The molecule has 7 rings (SSSR count). The van der Waals surface area contributed by atoms with E-state index in [-0.39, 0.29) is 162 Å². The molecule has 1 radical (unpaired) electrons. The number of Topliss-reactive ketones (excluding diaryl/α,β-unsaturated/α-hetero) is 1. The molecule has 30 nitrogen and oxygen atoms in total. The SMILES string of the molecule is C.C.C.CC(=O)OC(C)=O.CC(C)(C)OC(=O)C[C@H]1C[C@@H](CCN)OC(C)(C)O1.CC(C)C(=O)C(=O)OCc1ccccc1.CC(C)C(NCC[C@@H]1C[C@H](CC(=O)OC(C)(C)C)OC(C)(C)O1)C(=O)OCc1ccccc1.CC(C)C(O)C(=O)OCc1ccccc1.CC(C)C(OS(=O)(=O)C(F)(F)F)C(=O)OCc1ccccc1.C[C-]=O.O.O=C(Cl)c1ccc(F)cc1.[B]=O.[Na+]. The Morgan fingerprint density at radius 3 is 1.17 bits per heavy atom. The van der Waals surface area contributed by atoms with E-state index in [0.717, 1.165) is 23.1 Å². The Morgan fingerprint density at radius 2 is 0.878 bits per heavy atom. The van der Waals surface area contributed by atoms with Crippen LogP contribution in [0.2, 0.25) is 0 Å². The number of benzene rings is 5. The Labute approximate surface area is 800 Å². The number of ketones is 1. The van der Waals surface area contributed by atoms with Crippen molar-refractivity contribution in [2.45, 2.75) is 304 Å². The summed E-state index contributed by atoms with van der Waals surface area (Å²) in [7, 11) is -2.62. The second kappa shape index (κ2) is 70.3. The van der Waals surface area contributed by atoms with Crippen LogP contribution in [-0.4, -0.2) is 176 Å². The Balaban J connectivity index is -0.000000281. The van der Waals surface area contributed by atoms with Crippen molar-refractivity contribution in [2.24, 2.45) is 29.4 Å². The van der Waals surface area contributed by atoms with Crippen molar-refractivity contribution in [1.82, 2.24) is 5.32 Å². The Morgan fingerprint density at radius 1 is 0.550 bits per heavy atom. The molecule has 0 aliphatic carbocycles. The van der Waals surface area contributed by atoms with Gasteiger partial charge in [0.05, 0.1) is 37.3 Å². The maximum atomic E-state index is 12.6. The molecule has 2 aliphatic rings. The summed E-state index contributed by atoms with van der Waals surface area (Å²) >= 11 is 5.09. The summed E-state index contributed by atoms with van der Waals surface area (Å²) in [5.41, 5.74) is 2.65. The van der Waals surface area contributed by atoms with E-state index in [4.69, 9.17) is 74.2 Å². The first-order chi connectivity index (χ1) is 58.5. The summed E-state index contributed by atoms with van der Waals surface area (Å²) < 4.78 is 141. The fourth-order valence-electron chi connectivity index (χ4n) is 10.5. The second-order valence-electron chi connectivity index (χ2n) is 32.1. The molecule has 0 spiro atoms. The zero-order valence-electron chi connectivity index (χ0n) is 77.2. The third-order valence-corrected chi connectivity index (χ3v) is 17.2. The maximum Gasteiger partial charge on any atom is 1.00 e. The summed E-state index contributed by atoms with van der Waals surface area (Å²) in [5.74, 6) is -7.87. The number of alkyl halides is 3. The van der Waals surface area contributed by atoms with Crippen LogP contribution in [0.5, 0.6) is 0 Å². The van der Waals surface area contributed by atoms with Crippen LogP contribution in [0.1, 0.15) is 239 Å². The Bertz CT molecular complexity index is 4140. The molecule has 2 aliphatic heterocycles. The van der Waals surface area contributed by atoms with Crippen LogP contribution in [0.4, 0.5) is 17.6 Å². The van der Waals surface area contributed by atoms with E-state index < -0.39 is 103 Å². The van der Waals surface area contributed by atoms with Gasteiger partial charge < -0.3 is 78.5 Å². The van der Waals surface area contributed by atoms with E-state index >= 15 is 0 Å². The van der Waals surface area contributed by atoms with E-state index in [2.05, 4.69) is 22.0 Å². The quantitative estimate of drug-likeness (QED) is 0.00382. The van der Waals surface area contributed by atoms with E-state index in [1.54, 1.807) is 58.0 Å². The summed E-state index contributed by atoms with van der Waals surface area (Å²) in [6.45, 7) is 37.4. The topological polar surface area (TPSA) is 440 Å². The van der Waals surface area contributed by atoms with E-state index in [1.165, 1.54) is 65.2 Å². The van der Waals surface area contributed by atoms with Crippen molar-refractivity contribution in [2.75, 3.05) is 13.1 Å². The monoisotopic (exact) mass is 1910 g/mol. The van der Waals surface area contributed by atoms with Gasteiger partial charge >= 0.3 is 105 Å². The van der Waals surface area contributed by atoms with Gasteiger partial charge in [-0.25, -0.2) is 23.0 Å². The summed E-state index contributed by atoms with van der Waals surface area (Å²) in [4.78, 5) is 121. The van der Waals surface area contributed by atoms with E-state index in [1.807, 2.05) is 174 Å². The molecule has 735 valence electrons. The first-order valence-electron chi connectivity index (χ1n) is 40.3. The number of rotatable bonds is 29. The fraction of sp³-hybridized carbons (Fsp3) is 0.559. The van der Waals surface area contributed by atoms with Gasteiger partial charge in [0.25, 0.3) is 5.24 Å². The molecule has 5 aromatic rings. The molecule has 2 saturated heterocycles. The van der Waals surface area contributed by atoms with Crippen LogP contribution in [-0.2, 0) is 145 Å². The van der Waals surface area contributed by atoms with Crippen molar-refractivity contribution in [3.05, 3.63) is 179 Å². The third kappa shape index (κ3) is 65.7. The minimum Gasteiger partial charge on any atom is 1.00 e. The van der Waals surface area contributed by atoms with Crippen molar-refractivity contribution in [3.8, 4) is 0 Å². The van der Waals surface area contributed by atoms with Gasteiger partial charge in [-0.3, -0.25) is 39.8 Å². The molecule has 2 fully saturated rings. The van der Waals surface area contributed by atoms with Gasteiger partial charge in [-0.1, -0.05) is 199 Å². The minimum absolute atomic E-state index is 0. The molecule has 6 N–H and O–H groups in total.